The number of hydrogen-bond acceptors (Lipinski definition) is 5. The van der Waals surface area contributed by atoms with Gasteiger partial charge in [-0.05, 0) is 36.4 Å². The largest absolute Gasteiger partial charge is 0.573 e. The maximum Gasteiger partial charge on any atom is 0.573 e. The molecule has 162 valence electrons. The molecule has 0 saturated carbocycles. The number of fused-ring (bicyclic) bond motifs is 1. The summed E-state index contributed by atoms with van der Waals surface area (Å²) in [5.41, 5.74) is 2.06. The Hall–Kier alpha value is -3.63. The number of amides is 1. The summed E-state index contributed by atoms with van der Waals surface area (Å²) in [6, 6.07) is 6.90. The molecule has 1 aliphatic heterocycles. The molecular formula is C20H17F4N5O2. The van der Waals surface area contributed by atoms with Gasteiger partial charge in [-0.1, -0.05) is 6.58 Å². The molecule has 31 heavy (non-hydrogen) atoms. The van der Waals surface area contributed by atoms with Gasteiger partial charge in [0.25, 0.3) is 0 Å². The molecule has 11 heteroatoms. The molecule has 3 aromatic rings. The lowest BCUT2D eigenvalue weighted by atomic mass is 10.1. The summed E-state index contributed by atoms with van der Waals surface area (Å²) in [5.74, 6) is -0.760. The molecule has 0 aliphatic carbocycles. The van der Waals surface area contributed by atoms with E-state index in [9.17, 15) is 22.4 Å². The fraction of sp³-hybridized carbons (Fsp3) is 0.250. The van der Waals surface area contributed by atoms with Crippen LogP contribution in [0.3, 0.4) is 0 Å². The Bertz CT molecular complexity index is 1120. The van der Waals surface area contributed by atoms with Crippen LogP contribution >= 0.6 is 0 Å². The van der Waals surface area contributed by atoms with Crippen molar-refractivity contribution in [1.29, 1.82) is 0 Å². The first-order valence-electron chi connectivity index (χ1n) is 9.27. The third-order valence-corrected chi connectivity index (χ3v) is 4.73. The second-order valence-corrected chi connectivity index (χ2v) is 6.85. The van der Waals surface area contributed by atoms with Crippen molar-refractivity contribution < 1.29 is 27.1 Å². The van der Waals surface area contributed by atoms with Gasteiger partial charge >= 0.3 is 6.36 Å². The number of anilines is 1. The fourth-order valence-corrected chi connectivity index (χ4v) is 3.32. The lowest BCUT2D eigenvalue weighted by Gasteiger charge is -2.36. The number of halogens is 4. The third-order valence-electron chi connectivity index (χ3n) is 4.73. The lowest BCUT2D eigenvalue weighted by Crippen LogP contribution is -2.48. The highest BCUT2D eigenvalue weighted by Gasteiger charge is 2.31. The van der Waals surface area contributed by atoms with Crippen LogP contribution in [-0.2, 0) is 11.3 Å². The predicted octanol–water partition coefficient (Wildman–Crippen LogP) is 3.28. The monoisotopic (exact) mass is 435 g/mol. The number of pyridine rings is 1. The summed E-state index contributed by atoms with van der Waals surface area (Å²) in [6.45, 7) is 3.93. The molecule has 1 aliphatic rings. The Morgan fingerprint density at radius 1 is 1.26 bits per heavy atom. The predicted molar refractivity (Wildman–Crippen MR) is 105 cm³/mol. The molecule has 0 bridgehead atoms. The topological polar surface area (TPSA) is 72.3 Å². The minimum atomic E-state index is -4.79. The van der Waals surface area contributed by atoms with E-state index < -0.39 is 18.4 Å². The molecule has 4 rings (SSSR count). The number of alkyl halides is 4. The Morgan fingerprint density at radius 3 is 2.58 bits per heavy atom. The zero-order chi connectivity index (χ0) is 22.2. The number of benzene rings is 1. The van der Waals surface area contributed by atoms with Gasteiger partial charge in [0.05, 0.1) is 42.1 Å². The first kappa shape index (κ1) is 20.6. The molecule has 1 aromatic carbocycles. The fourth-order valence-electron chi connectivity index (χ4n) is 3.32. The lowest BCUT2D eigenvalue weighted by molar-refractivity contribution is -0.274. The van der Waals surface area contributed by atoms with Crippen molar-refractivity contribution in [1.82, 2.24) is 20.1 Å². The van der Waals surface area contributed by atoms with E-state index in [0.717, 1.165) is 6.08 Å². The molecule has 0 atom stereocenters. The molecule has 1 amide bonds. The maximum atomic E-state index is 13.4. The molecule has 1 N–H and O–H groups in total. The van der Waals surface area contributed by atoms with Crippen molar-refractivity contribution in [3.8, 4) is 11.4 Å². The van der Waals surface area contributed by atoms with Gasteiger partial charge in [0.1, 0.15) is 11.9 Å². The Labute approximate surface area is 173 Å². The number of rotatable bonds is 6. The highest BCUT2D eigenvalue weighted by Crippen LogP contribution is 2.33. The quantitative estimate of drug-likeness (QED) is 0.475. The van der Waals surface area contributed by atoms with E-state index in [4.69, 9.17) is 0 Å². The normalized spacial score (nSPS) is 14.4. The molecule has 3 heterocycles. The van der Waals surface area contributed by atoms with Crippen molar-refractivity contribution in [2.24, 2.45) is 0 Å². The van der Waals surface area contributed by atoms with E-state index in [1.807, 2.05) is 4.90 Å². The molecular weight excluding hydrogens is 418 g/mol. The number of nitrogens with zero attached hydrogens (tertiary/aromatic N) is 4. The Morgan fingerprint density at radius 2 is 1.97 bits per heavy atom. The number of hydrogen-bond donors (Lipinski definition) is 1. The Balaban J connectivity index is 1.76. The van der Waals surface area contributed by atoms with Crippen LogP contribution in [0.1, 0.15) is 5.69 Å². The second-order valence-electron chi connectivity index (χ2n) is 6.85. The number of ether oxygens (including phenoxy) is 1. The average molecular weight is 435 g/mol. The van der Waals surface area contributed by atoms with E-state index in [0.29, 0.717) is 28.1 Å². The summed E-state index contributed by atoms with van der Waals surface area (Å²) in [5, 5.41) is 7.79. The van der Waals surface area contributed by atoms with E-state index in [2.05, 4.69) is 26.7 Å². The smallest absolute Gasteiger partial charge is 0.406 e. The first-order chi connectivity index (χ1) is 14.7. The van der Waals surface area contributed by atoms with Gasteiger partial charge in [-0.2, -0.15) is 5.10 Å². The summed E-state index contributed by atoms with van der Waals surface area (Å²) >= 11 is 0. The van der Waals surface area contributed by atoms with E-state index >= 15 is 0 Å². The molecule has 1 saturated heterocycles. The molecule has 7 nitrogen and oxygen atoms in total. The highest BCUT2D eigenvalue weighted by molar-refractivity contribution is 5.94. The first-order valence-corrected chi connectivity index (χ1v) is 9.27. The van der Waals surface area contributed by atoms with Crippen molar-refractivity contribution >= 4 is 22.6 Å². The SMILES string of the molecule is C=CC(=O)NCc1nn(-c2ccc(OC(F)(F)F)cc2)c2nccc(N3CC(F)C3)c12. The van der Waals surface area contributed by atoms with Gasteiger partial charge in [0.15, 0.2) is 5.65 Å². The van der Waals surface area contributed by atoms with Crippen LogP contribution in [-0.4, -0.2) is 46.3 Å². The zero-order valence-corrected chi connectivity index (χ0v) is 16.1. The number of carbonyl (C=O) groups excluding carboxylic acids is 1. The summed E-state index contributed by atoms with van der Waals surface area (Å²) < 4.78 is 56.1. The van der Waals surface area contributed by atoms with Crippen LogP contribution in [0.15, 0.2) is 49.2 Å². The number of aromatic nitrogens is 3. The van der Waals surface area contributed by atoms with E-state index in [-0.39, 0.29) is 25.4 Å². The van der Waals surface area contributed by atoms with Crippen LogP contribution in [0.2, 0.25) is 0 Å². The zero-order valence-electron chi connectivity index (χ0n) is 16.1. The van der Waals surface area contributed by atoms with Gasteiger partial charge in [0.2, 0.25) is 5.91 Å². The second kappa shape index (κ2) is 7.89. The van der Waals surface area contributed by atoms with Crippen LogP contribution in [0.5, 0.6) is 5.75 Å². The standard InChI is InChI=1S/C20H17F4N5O2/c1-2-17(30)26-9-15-18-16(28-10-12(21)11-28)7-8-25-19(18)29(27-15)13-3-5-14(6-4-13)31-20(22,23)24/h2-8,12H,1,9-11H2,(H,26,30). The maximum absolute atomic E-state index is 13.4. The van der Waals surface area contributed by atoms with Crippen LogP contribution in [0, 0.1) is 0 Å². The minimum Gasteiger partial charge on any atom is -0.406 e. The van der Waals surface area contributed by atoms with Crippen molar-refractivity contribution in [2.45, 2.75) is 19.1 Å². The van der Waals surface area contributed by atoms with Gasteiger partial charge in [-0.25, -0.2) is 14.1 Å². The summed E-state index contributed by atoms with van der Waals surface area (Å²) in [7, 11) is 0. The van der Waals surface area contributed by atoms with E-state index in [1.54, 1.807) is 12.3 Å². The molecule has 0 unspecified atom stereocenters. The third kappa shape index (κ3) is 4.30. The van der Waals surface area contributed by atoms with Gasteiger partial charge in [0, 0.05) is 6.20 Å². The van der Waals surface area contributed by atoms with Crippen molar-refractivity contribution in [3.63, 3.8) is 0 Å². The van der Waals surface area contributed by atoms with Crippen molar-refractivity contribution in [2.75, 3.05) is 18.0 Å². The van der Waals surface area contributed by atoms with Gasteiger partial charge in [-0.15, -0.1) is 13.2 Å². The summed E-state index contributed by atoms with van der Waals surface area (Å²) in [4.78, 5) is 17.8. The van der Waals surface area contributed by atoms with Crippen molar-refractivity contribution in [3.05, 3.63) is 54.9 Å². The average Bonchev–Trinajstić information content (AvgIpc) is 3.08. The van der Waals surface area contributed by atoms with Gasteiger partial charge in [-0.3, -0.25) is 4.79 Å². The highest BCUT2D eigenvalue weighted by atomic mass is 19.4. The van der Waals surface area contributed by atoms with E-state index in [1.165, 1.54) is 28.9 Å². The van der Waals surface area contributed by atoms with Gasteiger partial charge < -0.3 is 15.0 Å². The minimum absolute atomic E-state index is 0.0647. The molecule has 2 aromatic heterocycles. The Kier molecular flexibility index (Phi) is 5.25. The summed E-state index contributed by atoms with van der Waals surface area (Å²) in [6.07, 6.45) is -3.04. The van der Waals surface area contributed by atoms with Crippen LogP contribution in [0.25, 0.3) is 16.7 Å². The number of nitrogens with one attached hydrogen (secondary N) is 1. The molecule has 0 radical (unpaired) electrons. The van der Waals surface area contributed by atoms with Crippen LogP contribution in [0.4, 0.5) is 23.2 Å². The molecule has 0 spiro atoms. The molecule has 1 fully saturated rings. The van der Waals surface area contributed by atoms with Crippen LogP contribution < -0.4 is 15.0 Å². The number of carbonyl (C=O) groups is 1.